The number of phenols is 1. The number of nitrogens with two attached hydrogens (primary N) is 1. The van der Waals surface area contributed by atoms with Gasteiger partial charge in [0.2, 0.25) is 0 Å². The number of benzene rings is 1. The standard InChI is InChI=1S/C10H13N3O/c1-2-12-13-4-3-7-5-8(11)10(14)6-9(7)13/h3-6,12,14H,2,11H2,1H3. The third-order valence-electron chi connectivity index (χ3n) is 2.17. The van der Waals surface area contributed by atoms with E-state index in [1.54, 1.807) is 12.1 Å². The molecule has 0 aliphatic heterocycles. The van der Waals surface area contributed by atoms with Crippen LogP contribution in [0.3, 0.4) is 0 Å². The number of hydrogen-bond donors (Lipinski definition) is 3. The Hall–Kier alpha value is -1.84. The van der Waals surface area contributed by atoms with Crippen molar-refractivity contribution in [2.45, 2.75) is 6.92 Å². The lowest BCUT2D eigenvalue weighted by Crippen LogP contribution is -2.11. The number of anilines is 1. The third kappa shape index (κ3) is 1.25. The van der Waals surface area contributed by atoms with Gasteiger partial charge in [-0.15, -0.1) is 0 Å². The minimum absolute atomic E-state index is 0.121. The molecule has 1 aromatic heterocycles. The molecule has 0 atom stereocenters. The fourth-order valence-corrected chi connectivity index (χ4v) is 1.50. The fraction of sp³-hybridized carbons (Fsp3) is 0.200. The first kappa shape index (κ1) is 8.74. The van der Waals surface area contributed by atoms with Gasteiger partial charge in [0.25, 0.3) is 0 Å². The first-order chi connectivity index (χ1) is 6.72. The highest BCUT2D eigenvalue weighted by molar-refractivity contribution is 5.86. The summed E-state index contributed by atoms with van der Waals surface area (Å²) >= 11 is 0. The van der Waals surface area contributed by atoms with Gasteiger partial charge in [0, 0.05) is 24.2 Å². The second-order valence-corrected chi connectivity index (χ2v) is 3.17. The maximum absolute atomic E-state index is 9.46. The van der Waals surface area contributed by atoms with Crippen molar-refractivity contribution in [3.05, 3.63) is 24.4 Å². The minimum Gasteiger partial charge on any atom is -0.506 e. The van der Waals surface area contributed by atoms with Crippen LogP contribution < -0.4 is 11.2 Å². The van der Waals surface area contributed by atoms with Gasteiger partial charge in [0.15, 0.2) is 0 Å². The van der Waals surface area contributed by atoms with Crippen molar-refractivity contribution >= 4 is 16.6 Å². The molecule has 0 saturated carbocycles. The van der Waals surface area contributed by atoms with E-state index in [0.29, 0.717) is 5.69 Å². The van der Waals surface area contributed by atoms with E-state index in [9.17, 15) is 5.11 Å². The van der Waals surface area contributed by atoms with E-state index in [1.807, 2.05) is 23.9 Å². The van der Waals surface area contributed by atoms with Gasteiger partial charge in [-0.25, -0.2) is 0 Å². The van der Waals surface area contributed by atoms with Crippen molar-refractivity contribution < 1.29 is 5.11 Å². The zero-order valence-corrected chi connectivity index (χ0v) is 7.99. The third-order valence-corrected chi connectivity index (χ3v) is 2.17. The highest BCUT2D eigenvalue weighted by Crippen LogP contribution is 2.26. The summed E-state index contributed by atoms with van der Waals surface area (Å²) < 4.78 is 1.87. The van der Waals surface area contributed by atoms with Crippen molar-refractivity contribution in [1.82, 2.24) is 4.68 Å². The number of nitrogens with one attached hydrogen (secondary N) is 1. The Morgan fingerprint density at radius 3 is 3.00 bits per heavy atom. The maximum atomic E-state index is 9.46. The summed E-state index contributed by atoms with van der Waals surface area (Å²) in [6.45, 7) is 2.85. The molecule has 2 rings (SSSR count). The largest absolute Gasteiger partial charge is 0.506 e. The summed E-state index contributed by atoms with van der Waals surface area (Å²) in [4.78, 5) is 0. The molecule has 0 amide bonds. The van der Waals surface area contributed by atoms with Gasteiger partial charge in [-0.1, -0.05) is 0 Å². The number of aromatic hydroxyl groups is 1. The quantitative estimate of drug-likeness (QED) is 0.498. The highest BCUT2D eigenvalue weighted by Gasteiger charge is 2.04. The van der Waals surface area contributed by atoms with Crippen LogP contribution in [0, 0.1) is 0 Å². The van der Waals surface area contributed by atoms with E-state index >= 15 is 0 Å². The average Bonchev–Trinajstić information content (AvgIpc) is 2.51. The van der Waals surface area contributed by atoms with E-state index in [4.69, 9.17) is 5.73 Å². The molecule has 1 heterocycles. The Morgan fingerprint density at radius 1 is 1.50 bits per heavy atom. The highest BCUT2D eigenvalue weighted by atomic mass is 16.3. The number of rotatable bonds is 2. The van der Waals surface area contributed by atoms with Gasteiger partial charge >= 0.3 is 0 Å². The summed E-state index contributed by atoms with van der Waals surface area (Å²) in [6, 6.07) is 5.37. The van der Waals surface area contributed by atoms with Crippen molar-refractivity contribution in [2.75, 3.05) is 17.7 Å². The monoisotopic (exact) mass is 191 g/mol. The van der Waals surface area contributed by atoms with Crippen LogP contribution in [-0.4, -0.2) is 16.3 Å². The molecular formula is C10H13N3O. The van der Waals surface area contributed by atoms with Crippen molar-refractivity contribution in [3.8, 4) is 5.75 Å². The predicted molar refractivity (Wildman–Crippen MR) is 57.9 cm³/mol. The summed E-state index contributed by atoms with van der Waals surface area (Å²) in [6.07, 6.45) is 1.91. The van der Waals surface area contributed by atoms with Crippen LogP contribution in [0.5, 0.6) is 5.75 Å². The molecule has 0 spiro atoms. The molecule has 0 radical (unpaired) electrons. The van der Waals surface area contributed by atoms with Crippen LogP contribution in [0.25, 0.3) is 10.9 Å². The molecule has 74 valence electrons. The molecule has 0 saturated heterocycles. The van der Waals surface area contributed by atoms with Gasteiger partial charge in [-0.2, -0.15) is 0 Å². The summed E-state index contributed by atoms with van der Waals surface area (Å²) in [5.41, 5.74) is 10.1. The van der Waals surface area contributed by atoms with E-state index < -0.39 is 0 Å². The molecule has 2 aromatic rings. The Kier molecular flexibility index (Phi) is 1.96. The van der Waals surface area contributed by atoms with Crippen molar-refractivity contribution in [1.29, 1.82) is 0 Å². The van der Waals surface area contributed by atoms with Crippen LogP contribution >= 0.6 is 0 Å². The molecule has 4 heteroatoms. The zero-order valence-electron chi connectivity index (χ0n) is 7.99. The van der Waals surface area contributed by atoms with Crippen LogP contribution in [0.1, 0.15) is 6.92 Å². The lowest BCUT2D eigenvalue weighted by Gasteiger charge is -2.07. The zero-order chi connectivity index (χ0) is 10.1. The Labute approximate surface area is 81.9 Å². The van der Waals surface area contributed by atoms with Gasteiger partial charge in [0.05, 0.1) is 11.2 Å². The first-order valence-electron chi connectivity index (χ1n) is 4.56. The molecule has 4 N–H and O–H groups in total. The molecule has 0 unspecified atom stereocenters. The van der Waals surface area contributed by atoms with Crippen molar-refractivity contribution in [3.63, 3.8) is 0 Å². The van der Waals surface area contributed by atoms with Crippen LogP contribution in [0.2, 0.25) is 0 Å². The smallest absolute Gasteiger partial charge is 0.140 e. The molecular weight excluding hydrogens is 178 g/mol. The normalized spacial score (nSPS) is 10.6. The number of aromatic nitrogens is 1. The topological polar surface area (TPSA) is 63.2 Å². The van der Waals surface area contributed by atoms with E-state index in [0.717, 1.165) is 17.4 Å². The van der Waals surface area contributed by atoms with Gasteiger partial charge in [-0.05, 0) is 19.1 Å². The molecule has 0 bridgehead atoms. The number of fused-ring (bicyclic) bond motifs is 1. The van der Waals surface area contributed by atoms with E-state index in [2.05, 4.69) is 5.43 Å². The van der Waals surface area contributed by atoms with E-state index in [1.165, 1.54) is 0 Å². The molecule has 1 aromatic carbocycles. The van der Waals surface area contributed by atoms with E-state index in [-0.39, 0.29) is 5.75 Å². The molecule has 0 aliphatic carbocycles. The van der Waals surface area contributed by atoms with Crippen LogP contribution in [0.15, 0.2) is 24.4 Å². The lowest BCUT2D eigenvalue weighted by molar-refractivity contribution is 0.478. The van der Waals surface area contributed by atoms with Crippen molar-refractivity contribution in [2.24, 2.45) is 0 Å². The predicted octanol–water partition coefficient (Wildman–Crippen LogP) is 1.49. The Bertz CT molecular complexity index is 462. The van der Waals surface area contributed by atoms with Gasteiger partial charge in [-0.3, -0.25) is 4.68 Å². The minimum atomic E-state index is 0.121. The Morgan fingerprint density at radius 2 is 2.29 bits per heavy atom. The maximum Gasteiger partial charge on any atom is 0.140 e. The van der Waals surface area contributed by atoms with Crippen LogP contribution in [-0.2, 0) is 0 Å². The molecule has 0 fully saturated rings. The second kappa shape index (κ2) is 3.14. The molecule has 14 heavy (non-hydrogen) atoms. The number of phenolic OH excluding ortho intramolecular Hbond substituents is 1. The number of nitrogen functional groups attached to an aromatic ring is 1. The Balaban J connectivity index is 2.61. The molecule has 4 nitrogen and oxygen atoms in total. The number of nitrogens with zero attached hydrogens (tertiary/aromatic N) is 1. The summed E-state index contributed by atoms with van der Waals surface area (Å²) in [5, 5.41) is 10.5. The summed E-state index contributed by atoms with van der Waals surface area (Å²) in [7, 11) is 0. The number of hydrogen-bond acceptors (Lipinski definition) is 3. The first-order valence-corrected chi connectivity index (χ1v) is 4.56. The fourth-order valence-electron chi connectivity index (χ4n) is 1.50. The average molecular weight is 191 g/mol. The second-order valence-electron chi connectivity index (χ2n) is 3.17. The van der Waals surface area contributed by atoms with Crippen LogP contribution in [0.4, 0.5) is 5.69 Å². The van der Waals surface area contributed by atoms with Gasteiger partial charge in [0.1, 0.15) is 5.75 Å². The summed E-state index contributed by atoms with van der Waals surface area (Å²) in [5.74, 6) is 0.121. The molecule has 0 aliphatic rings. The van der Waals surface area contributed by atoms with Gasteiger partial charge < -0.3 is 16.3 Å². The lowest BCUT2D eigenvalue weighted by atomic mass is 10.2. The SMILES string of the molecule is CCNn1ccc2cc(N)c(O)cc21.